The lowest BCUT2D eigenvalue weighted by atomic mass is 10.4. The second-order valence-electron chi connectivity index (χ2n) is 3.86. The molecule has 2 N–H and O–H groups in total. The maximum atomic E-state index is 5.87. The molecule has 2 rings (SSSR count). The number of rotatable bonds is 4. The van der Waals surface area contributed by atoms with Gasteiger partial charge in [0.05, 0.1) is 0 Å². The second-order valence-corrected chi connectivity index (χ2v) is 3.86. The fourth-order valence-electron chi connectivity index (χ4n) is 1.63. The molecule has 2 aromatic heterocycles. The van der Waals surface area contributed by atoms with Gasteiger partial charge in [0.1, 0.15) is 5.52 Å². The van der Waals surface area contributed by atoms with Crippen molar-refractivity contribution in [1.82, 2.24) is 19.4 Å². The predicted molar refractivity (Wildman–Crippen MR) is 65.1 cm³/mol. The van der Waals surface area contributed by atoms with Gasteiger partial charge in [-0.3, -0.25) is 4.57 Å². The predicted octanol–water partition coefficient (Wildman–Crippen LogP) is 0.965. The van der Waals surface area contributed by atoms with E-state index < -0.39 is 0 Å². The van der Waals surface area contributed by atoms with E-state index in [1.807, 2.05) is 16.7 Å². The van der Waals surface area contributed by atoms with E-state index in [0.717, 1.165) is 30.8 Å². The van der Waals surface area contributed by atoms with Crippen LogP contribution in [0, 0.1) is 0 Å². The Labute approximate surface area is 94.9 Å². The molecule has 0 unspecified atom stereocenters. The molecule has 0 spiro atoms. The SMILES string of the molecule is CCN(C)CCn1c(N)nc2cccnc21. The first-order valence-corrected chi connectivity index (χ1v) is 5.47. The minimum absolute atomic E-state index is 0.540. The number of likely N-dealkylation sites (N-methyl/N-ethyl adjacent to an activating group) is 1. The van der Waals surface area contributed by atoms with E-state index in [-0.39, 0.29) is 0 Å². The van der Waals surface area contributed by atoms with Gasteiger partial charge in [0.2, 0.25) is 5.95 Å². The lowest BCUT2D eigenvalue weighted by Crippen LogP contribution is -2.23. The van der Waals surface area contributed by atoms with Crippen LogP contribution in [0.3, 0.4) is 0 Å². The summed E-state index contributed by atoms with van der Waals surface area (Å²) < 4.78 is 1.96. The van der Waals surface area contributed by atoms with Crippen molar-refractivity contribution in [2.75, 3.05) is 25.9 Å². The Morgan fingerprint density at radius 2 is 2.31 bits per heavy atom. The van der Waals surface area contributed by atoms with Crippen LogP contribution in [-0.4, -0.2) is 39.6 Å². The van der Waals surface area contributed by atoms with Crippen LogP contribution in [0.25, 0.3) is 11.2 Å². The zero-order valence-electron chi connectivity index (χ0n) is 9.72. The highest BCUT2D eigenvalue weighted by Gasteiger charge is 2.08. The Bertz CT molecular complexity index is 476. The molecule has 0 amide bonds. The van der Waals surface area contributed by atoms with Crippen LogP contribution in [0.1, 0.15) is 6.92 Å². The Balaban J connectivity index is 2.26. The van der Waals surface area contributed by atoms with Crippen molar-refractivity contribution in [3.63, 3.8) is 0 Å². The number of nitrogens with two attached hydrogens (primary N) is 1. The van der Waals surface area contributed by atoms with Gasteiger partial charge in [-0.15, -0.1) is 0 Å². The number of fused-ring (bicyclic) bond motifs is 1. The van der Waals surface area contributed by atoms with Crippen molar-refractivity contribution in [3.8, 4) is 0 Å². The second kappa shape index (κ2) is 4.49. The fraction of sp³-hybridized carbons (Fsp3) is 0.455. The molecule has 5 nitrogen and oxygen atoms in total. The third-order valence-corrected chi connectivity index (χ3v) is 2.78. The number of nitrogen functional groups attached to an aromatic ring is 1. The first-order chi connectivity index (χ1) is 7.72. The van der Waals surface area contributed by atoms with Crippen LogP contribution >= 0.6 is 0 Å². The topological polar surface area (TPSA) is 60.0 Å². The molecule has 5 heteroatoms. The molecule has 16 heavy (non-hydrogen) atoms. The van der Waals surface area contributed by atoms with Crippen molar-refractivity contribution in [2.24, 2.45) is 0 Å². The van der Waals surface area contributed by atoms with Crippen LogP contribution in [-0.2, 0) is 6.54 Å². The number of hydrogen-bond acceptors (Lipinski definition) is 4. The smallest absolute Gasteiger partial charge is 0.202 e. The molecule has 2 heterocycles. The highest BCUT2D eigenvalue weighted by atomic mass is 15.2. The molecule has 0 radical (unpaired) electrons. The number of nitrogens with zero attached hydrogens (tertiary/aromatic N) is 4. The van der Waals surface area contributed by atoms with Crippen molar-refractivity contribution in [1.29, 1.82) is 0 Å². The lowest BCUT2D eigenvalue weighted by molar-refractivity contribution is 0.338. The molecule has 0 bridgehead atoms. The van der Waals surface area contributed by atoms with Gasteiger partial charge in [0, 0.05) is 19.3 Å². The summed E-state index contributed by atoms with van der Waals surface area (Å²) in [6, 6.07) is 3.80. The van der Waals surface area contributed by atoms with Crippen LogP contribution in [0.5, 0.6) is 0 Å². The number of pyridine rings is 1. The summed E-state index contributed by atoms with van der Waals surface area (Å²) in [4.78, 5) is 10.8. The number of hydrogen-bond donors (Lipinski definition) is 1. The molecular weight excluding hydrogens is 202 g/mol. The van der Waals surface area contributed by atoms with E-state index >= 15 is 0 Å². The van der Waals surface area contributed by atoms with Gasteiger partial charge in [0.25, 0.3) is 0 Å². The maximum Gasteiger partial charge on any atom is 0.202 e. The Kier molecular flexibility index (Phi) is 3.05. The molecule has 0 fully saturated rings. The van der Waals surface area contributed by atoms with Crippen LogP contribution in [0.15, 0.2) is 18.3 Å². The Morgan fingerprint density at radius 3 is 3.06 bits per heavy atom. The number of aromatic nitrogens is 3. The van der Waals surface area contributed by atoms with Crippen molar-refractivity contribution in [3.05, 3.63) is 18.3 Å². The van der Waals surface area contributed by atoms with Gasteiger partial charge < -0.3 is 10.6 Å². The first-order valence-electron chi connectivity index (χ1n) is 5.47. The van der Waals surface area contributed by atoms with Crippen molar-refractivity contribution in [2.45, 2.75) is 13.5 Å². The van der Waals surface area contributed by atoms with E-state index in [1.54, 1.807) is 6.20 Å². The Morgan fingerprint density at radius 1 is 1.50 bits per heavy atom. The first kappa shape index (κ1) is 10.9. The van der Waals surface area contributed by atoms with Crippen LogP contribution in [0.2, 0.25) is 0 Å². The minimum Gasteiger partial charge on any atom is -0.369 e. The third-order valence-electron chi connectivity index (χ3n) is 2.78. The van der Waals surface area contributed by atoms with Gasteiger partial charge >= 0.3 is 0 Å². The summed E-state index contributed by atoms with van der Waals surface area (Å²) in [6.07, 6.45) is 1.77. The quantitative estimate of drug-likeness (QED) is 0.832. The molecule has 0 saturated carbocycles. The van der Waals surface area contributed by atoms with Crippen LogP contribution < -0.4 is 5.73 Å². The molecule has 0 aromatic carbocycles. The van der Waals surface area contributed by atoms with E-state index in [2.05, 4.69) is 28.8 Å². The van der Waals surface area contributed by atoms with Crippen molar-refractivity contribution < 1.29 is 0 Å². The molecule has 2 aromatic rings. The largest absolute Gasteiger partial charge is 0.369 e. The lowest BCUT2D eigenvalue weighted by Gasteiger charge is -2.14. The van der Waals surface area contributed by atoms with Crippen LogP contribution in [0.4, 0.5) is 5.95 Å². The van der Waals surface area contributed by atoms with Crippen molar-refractivity contribution >= 4 is 17.1 Å². The molecule has 0 aliphatic rings. The van der Waals surface area contributed by atoms with E-state index in [4.69, 9.17) is 5.73 Å². The molecule has 0 aliphatic carbocycles. The summed E-state index contributed by atoms with van der Waals surface area (Å²) in [6.45, 7) is 4.93. The summed E-state index contributed by atoms with van der Waals surface area (Å²) in [5, 5.41) is 0. The summed E-state index contributed by atoms with van der Waals surface area (Å²) in [7, 11) is 2.09. The molecule has 0 saturated heterocycles. The highest BCUT2D eigenvalue weighted by molar-refractivity contribution is 5.73. The minimum atomic E-state index is 0.540. The van der Waals surface area contributed by atoms with Gasteiger partial charge in [-0.05, 0) is 25.7 Å². The zero-order chi connectivity index (χ0) is 11.5. The fourth-order valence-corrected chi connectivity index (χ4v) is 1.63. The molecule has 0 aliphatic heterocycles. The monoisotopic (exact) mass is 219 g/mol. The standard InChI is InChI=1S/C11H17N5/c1-3-15(2)7-8-16-10-9(14-11(16)12)5-4-6-13-10/h4-6H,3,7-8H2,1-2H3,(H2,12,14). The summed E-state index contributed by atoms with van der Waals surface area (Å²) >= 11 is 0. The van der Waals surface area contributed by atoms with E-state index in [1.165, 1.54) is 0 Å². The average Bonchev–Trinajstić information content (AvgIpc) is 2.62. The number of imidazole rings is 1. The van der Waals surface area contributed by atoms with Gasteiger partial charge in [-0.2, -0.15) is 0 Å². The van der Waals surface area contributed by atoms with Gasteiger partial charge in [-0.25, -0.2) is 9.97 Å². The molecular formula is C11H17N5. The zero-order valence-corrected chi connectivity index (χ0v) is 9.72. The molecule has 86 valence electrons. The Hall–Kier alpha value is -1.62. The number of anilines is 1. The summed E-state index contributed by atoms with van der Waals surface area (Å²) in [5.74, 6) is 0.540. The average molecular weight is 219 g/mol. The maximum absolute atomic E-state index is 5.87. The van der Waals surface area contributed by atoms with E-state index in [9.17, 15) is 0 Å². The van der Waals surface area contributed by atoms with Gasteiger partial charge in [-0.1, -0.05) is 6.92 Å². The third kappa shape index (κ3) is 1.99. The van der Waals surface area contributed by atoms with Gasteiger partial charge in [0.15, 0.2) is 5.65 Å². The molecule has 0 atom stereocenters. The van der Waals surface area contributed by atoms with E-state index in [0.29, 0.717) is 5.95 Å². The summed E-state index contributed by atoms with van der Waals surface area (Å²) in [5.41, 5.74) is 7.60. The highest BCUT2D eigenvalue weighted by Crippen LogP contribution is 2.14. The normalized spacial score (nSPS) is 11.4.